The number of fused-ring (bicyclic) bond motifs is 1. The van der Waals surface area contributed by atoms with Gasteiger partial charge in [-0.05, 0) is 13.8 Å². The van der Waals surface area contributed by atoms with Crippen LogP contribution in [-0.2, 0) is 29.5 Å². The van der Waals surface area contributed by atoms with Crippen LogP contribution in [0.1, 0.15) is 23.9 Å². The summed E-state index contributed by atoms with van der Waals surface area (Å²) in [5.41, 5.74) is 3.23. The largest absolute Gasteiger partial charge is 0.269 e. The molecule has 0 fully saturated rings. The summed E-state index contributed by atoms with van der Waals surface area (Å²) in [5.74, 6) is 0. The van der Waals surface area contributed by atoms with Gasteiger partial charge in [0, 0.05) is 37.3 Å². The molecule has 1 aromatic heterocycles. The summed E-state index contributed by atoms with van der Waals surface area (Å²) in [6.07, 6.45) is 2.02. The van der Waals surface area contributed by atoms with Gasteiger partial charge in [-0.1, -0.05) is 0 Å². The Morgan fingerprint density at radius 3 is 2.69 bits per heavy atom. The number of hydrogen-bond donors (Lipinski definition) is 0. The quantitative estimate of drug-likeness (QED) is 0.761. The Morgan fingerprint density at radius 1 is 1.44 bits per heavy atom. The lowest BCUT2D eigenvalue weighted by Gasteiger charge is -2.25. The summed E-state index contributed by atoms with van der Waals surface area (Å²) in [6, 6.07) is 0. The number of aryl methyl sites for hydroxylation is 2. The summed E-state index contributed by atoms with van der Waals surface area (Å²) in [5, 5.41) is 4.42. The highest BCUT2D eigenvalue weighted by atomic mass is 32.2. The molecule has 5 nitrogen and oxygen atoms in total. The third kappa shape index (κ3) is 1.87. The molecule has 90 valence electrons. The van der Waals surface area contributed by atoms with Gasteiger partial charge in [0.05, 0.1) is 11.9 Å². The van der Waals surface area contributed by atoms with Crippen LogP contribution in [0, 0.1) is 6.92 Å². The molecule has 1 aromatic rings. The van der Waals surface area contributed by atoms with Gasteiger partial charge < -0.3 is 0 Å². The molecule has 0 spiro atoms. The normalized spacial score (nSPS) is 17.4. The highest BCUT2D eigenvalue weighted by Gasteiger charge is 2.27. The Kier molecular flexibility index (Phi) is 2.79. The molecule has 0 aliphatic carbocycles. The Balaban J connectivity index is 2.38. The molecule has 16 heavy (non-hydrogen) atoms. The lowest BCUT2D eigenvalue weighted by molar-refractivity contribution is 0.387. The van der Waals surface area contributed by atoms with E-state index in [0.29, 0.717) is 13.1 Å². The Morgan fingerprint density at radius 2 is 2.12 bits per heavy atom. The number of rotatable bonds is 2. The first kappa shape index (κ1) is 11.6. The van der Waals surface area contributed by atoms with Crippen molar-refractivity contribution in [3.05, 3.63) is 17.0 Å². The van der Waals surface area contributed by atoms with Gasteiger partial charge in [-0.15, -0.1) is 0 Å². The molecular weight excluding hydrogens is 226 g/mol. The maximum atomic E-state index is 11.5. The SMILES string of the molecule is CCn1nc(C)c2c1CCN(S(C)(=O)=O)C2. The lowest BCUT2D eigenvalue weighted by Crippen LogP contribution is -2.35. The zero-order valence-electron chi connectivity index (χ0n) is 9.89. The molecule has 0 saturated carbocycles. The van der Waals surface area contributed by atoms with Crippen molar-refractivity contribution in [1.29, 1.82) is 0 Å². The molecule has 0 radical (unpaired) electrons. The third-order valence-electron chi connectivity index (χ3n) is 3.07. The highest BCUT2D eigenvalue weighted by Crippen LogP contribution is 2.23. The highest BCUT2D eigenvalue weighted by molar-refractivity contribution is 7.88. The van der Waals surface area contributed by atoms with Gasteiger partial charge in [-0.3, -0.25) is 4.68 Å². The van der Waals surface area contributed by atoms with Gasteiger partial charge in [0.25, 0.3) is 0 Å². The maximum absolute atomic E-state index is 11.5. The standard InChI is InChI=1S/C10H17N3O2S/c1-4-13-10-5-6-12(16(3,14)15)7-9(10)8(2)11-13/h4-7H2,1-3H3. The van der Waals surface area contributed by atoms with Crippen molar-refractivity contribution in [3.8, 4) is 0 Å². The van der Waals surface area contributed by atoms with E-state index in [0.717, 1.165) is 24.2 Å². The molecule has 6 heteroatoms. The summed E-state index contributed by atoms with van der Waals surface area (Å²) in [4.78, 5) is 0. The lowest BCUT2D eigenvalue weighted by atomic mass is 10.1. The number of nitrogens with zero attached hydrogens (tertiary/aromatic N) is 3. The fourth-order valence-corrected chi connectivity index (χ4v) is 2.97. The second kappa shape index (κ2) is 3.85. The predicted octanol–water partition coefficient (Wildman–Crippen LogP) is 0.529. The molecule has 0 amide bonds. The predicted molar refractivity (Wildman–Crippen MR) is 61.6 cm³/mol. The molecule has 0 bridgehead atoms. The smallest absolute Gasteiger partial charge is 0.211 e. The summed E-state index contributed by atoms with van der Waals surface area (Å²) in [6.45, 7) is 5.87. The van der Waals surface area contributed by atoms with E-state index in [4.69, 9.17) is 0 Å². The molecule has 1 aliphatic heterocycles. The van der Waals surface area contributed by atoms with Crippen LogP contribution in [0.2, 0.25) is 0 Å². The Bertz CT molecular complexity index is 504. The van der Waals surface area contributed by atoms with E-state index in [1.807, 2.05) is 11.6 Å². The number of aromatic nitrogens is 2. The van der Waals surface area contributed by atoms with Crippen LogP contribution < -0.4 is 0 Å². The van der Waals surface area contributed by atoms with Crippen molar-refractivity contribution in [2.45, 2.75) is 33.4 Å². The summed E-state index contributed by atoms with van der Waals surface area (Å²) >= 11 is 0. The van der Waals surface area contributed by atoms with Crippen LogP contribution in [0.15, 0.2) is 0 Å². The maximum Gasteiger partial charge on any atom is 0.211 e. The Labute approximate surface area is 96.1 Å². The fraction of sp³-hybridized carbons (Fsp3) is 0.700. The second-order valence-electron chi connectivity index (χ2n) is 4.17. The average molecular weight is 243 g/mol. The third-order valence-corrected chi connectivity index (χ3v) is 4.32. The van der Waals surface area contributed by atoms with Crippen molar-refractivity contribution in [1.82, 2.24) is 14.1 Å². The zero-order chi connectivity index (χ0) is 11.9. The average Bonchev–Trinajstić information content (AvgIpc) is 2.54. The van der Waals surface area contributed by atoms with Gasteiger partial charge in [0.1, 0.15) is 0 Å². The van der Waals surface area contributed by atoms with Crippen LogP contribution >= 0.6 is 0 Å². The molecule has 1 aliphatic rings. The van der Waals surface area contributed by atoms with Crippen molar-refractivity contribution in [3.63, 3.8) is 0 Å². The topological polar surface area (TPSA) is 55.2 Å². The minimum Gasteiger partial charge on any atom is -0.269 e. The van der Waals surface area contributed by atoms with Crippen molar-refractivity contribution in [2.24, 2.45) is 0 Å². The fourth-order valence-electron chi connectivity index (χ4n) is 2.18. The minimum absolute atomic E-state index is 0.472. The van der Waals surface area contributed by atoms with Crippen LogP contribution in [0.25, 0.3) is 0 Å². The van der Waals surface area contributed by atoms with E-state index in [-0.39, 0.29) is 0 Å². The minimum atomic E-state index is -3.09. The van der Waals surface area contributed by atoms with Gasteiger partial charge >= 0.3 is 0 Å². The molecule has 0 N–H and O–H groups in total. The van der Waals surface area contributed by atoms with Gasteiger partial charge in [0.15, 0.2) is 0 Å². The van der Waals surface area contributed by atoms with E-state index in [9.17, 15) is 8.42 Å². The van der Waals surface area contributed by atoms with Gasteiger partial charge in [0.2, 0.25) is 10.0 Å². The first-order valence-electron chi connectivity index (χ1n) is 5.43. The summed E-state index contributed by atoms with van der Waals surface area (Å²) < 4.78 is 26.5. The first-order valence-corrected chi connectivity index (χ1v) is 7.28. The van der Waals surface area contributed by atoms with E-state index in [2.05, 4.69) is 12.0 Å². The van der Waals surface area contributed by atoms with Gasteiger partial charge in [-0.25, -0.2) is 8.42 Å². The van der Waals surface area contributed by atoms with Gasteiger partial charge in [-0.2, -0.15) is 9.40 Å². The summed E-state index contributed by atoms with van der Waals surface area (Å²) in [7, 11) is -3.09. The number of hydrogen-bond acceptors (Lipinski definition) is 3. The molecular formula is C10H17N3O2S. The van der Waals surface area contributed by atoms with Crippen molar-refractivity contribution < 1.29 is 8.42 Å². The van der Waals surface area contributed by atoms with E-state index < -0.39 is 10.0 Å². The zero-order valence-corrected chi connectivity index (χ0v) is 10.7. The van der Waals surface area contributed by atoms with Crippen molar-refractivity contribution >= 4 is 10.0 Å². The number of sulfonamides is 1. The second-order valence-corrected chi connectivity index (χ2v) is 6.16. The molecule has 0 atom stereocenters. The van der Waals surface area contributed by atoms with E-state index in [1.54, 1.807) is 0 Å². The van der Waals surface area contributed by atoms with Crippen LogP contribution in [0.4, 0.5) is 0 Å². The molecule has 0 saturated heterocycles. The van der Waals surface area contributed by atoms with Crippen LogP contribution in [-0.4, -0.2) is 35.3 Å². The van der Waals surface area contributed by atoms with E-state index in [1.165, 1.54) is 16.3 Å². The molecule has 2 heterocycles. The molecule has 2 rings (SSSR count). The monoisotopic (exact) mass is 243 g/mol. The Hall–Kier alpha value is -0.880. The molecule has 0 aromatic carbocycles. The van der Waals surface area contributed by atoms with Crippen molar-refractivity contribution in [2.75, 3.05) is 12.8 Å². The van der Waals surface area contributed by atoms with E-state index >= 15 is 0 Å². The van der Waals surface area contributed by atoms with Crippen LogP contribution in [0.3, 0.4) is 0 Å². The van der Waals surface area contributed by atoms with Crippen LogP contribution in [0.5, 0.6) is 0 Å². The first-order chi connectivity index (χ1) is 7.43. The molecule has 0 unspecified atom stereocenters.